The molecule has 0 aromatic heterocycles. The summed E-state index contributed by atoms with van der Waals surface area (Å²) in [5.41, 5.74) is 1.15. The lowest BCUT2D eigenvalue weighted by Crippen LogP contribution is -2.36. The van der Waals surface area contributed by atoms with Crippen LogP contribution in [-0.2, 0) is 9.59 Å². The number of carbonyl (C=O) groups excluding carboxylic acids is 2. The molecule has 1 aromatic rings. The van der Waals surface area contributed by atoms with Gasteiger partial charge in [-0.15, -0.1) is 0 Å². The second kappa shape index (κ2) is 5.40. The number of aliphatic carboxylic acids is 1. The first-order chi connectivity index (χ1) is 10.5. The molecule has 2 bridgehead atoms. The molecule has 4 atom stereocenters. The summed E-state index contributed by atoms with van der Waals surface area (Å²) < 4.78 is 0. The molecular weight excluding hydrogens is 282 g/mol. The maximum atomic E-state index is 12.5. The molecule has 1 saturated carbocycles. The lowest BCUT2D eigenvalue weighted by Gasteiger charge is -2.23. The van der Waals surface area contributed by atoms with Gasteiger partial charge in [-0.1, -0.05) is 12.2 Å². The van der Waals surface area contributed by atoms with Gasteiger partial charge in [0, 0.05) is 11.3 Å². The zero-order valence-corrected chi connectivity index (χ0v) is 12.2. The number of amides is 1. The number of anilines is 1. The van der Waals surface area contributed by atoms with Crippen LogP contribution in [0.15, 0.2) is 36.4 Å². The Morgan fingerprint density at radius 3 is 2.18 bits per heavy atom. The zero-order valence-electron chi connectivity index (χ0n) is 12.2. The van der Waals surface area contributed by atoms with Crippen LogP contribution in [0.25, 0.3) is 0 Å². The van der Waals surface area contributed by atoms with Gasteiger partial charge in [0.1, 0.15) is 0 Å². The van der Waals surface area contributed by atoms with Crippen LogP contribution in [0.5, 0.6) is 0 Å². The Bertz CT molecular complexity index is 662. The molecule has 3 rings (SSSR count). The summed E-state index contributed by atoms with van der Waals surface area (Å²) in [4.78, 5) is 35.1. The molecule has 0 aliphatic heterocycles. The highest BCUT2D eigenvalue weighted by atomic mass is 16.4. The SMILES string of the molecule is CC(=O)c1ccc(NC(=O)[C@H]2[C@@H](C(=O)O)[C@H]3C=C[C@@H]2C3)cc1. The van der Waals surface area contributed by atoms with Gasteiger partial charge in [0.2, 0.25) is 5.91 Å². The van der Waals surface area contributed by atoms with E-state index in [9.17, 15) is 19.5 Å². The normalized spacial score (nSPS) is 28.6. The van der Waals surface area contributed by atoms with E-state index in [-0.39, 0.29) is 23.5 Å². The van der Waals surface area contributed by atoms with Crippen molar-refractivity contribution in [3.05, 3.63) is 42.0 Å². The fourth-order valence-electron chi connectivity index (χ4n) is 3.53. The molecule has 0 heterocycles. The van der Waals surface area contributed by atoms with Crippen molar-refractivity contribution in [1.29, 1.82) is 0 Å². The lowest BCUT2D eigenvalue weighted by atomic mass is 9.82. The highest BCUT2D eigenvalue weighted by Gasteiger charge is 2.51. The van der Waals surface area contributed by atoms with Gasteiger partial charge in [-0.05, 0) is 49.4 Å². The van der Waals surface area contributed by atoms with E-state index in [4.69, 9.17) is 0 Å². The number of benzene rings is 1. The van der Waals surface area contributed by atoms with Crippen LogP contribution in [-0.4, -0.2) is 22.8 Å². The average molecular weight is 299 g/mol. The van der Waals surface area contributed by atoms with Gasteiger partial charge in [-0.3, -0.25) is 14.4 Å². The number of hydrogen-bond donors (Lipinski definition) is 2. The minimum Gasteiger partial charge on any atom is -0.481 e. The molecule has 0 unspecified atom stereocenters. The number of nitrogens with one attached hydrogen (secondary N) is 1. The minimum atomic E-state index is -0.913. The van der Waals surface area contributed by atoms with Crippen molar-refractivity contribution in [2.45, 2.75) is 13.3 Å². The van der Waals surface area contributed by atoms with Crippen LogP contribution in [0.1, 0.15) is 23.7 Å². The Hall–Kier alpha value is -2.43. The summed E-state index contributed by atoms with van der Waals surface area (Å²) in [6.07, 6.45) is 4.60. The summed E-state index contributed by atoms with van der Waals surface area (Å²) in [7, 11) is 0. The van der Waals surface area contributed by atoms with E-state index in [2.05, 4.69) is 5.32 Å². The summed E-state index contributed by atoms with van der Waals surface area (Å²) in [5, 5.41) is 12.1. The number of carbonyl (C=O) groups is 3. The maximum absolute atomic E-state index is 12.5. The Morgan fingerprint density at radius 1 is 1.05 bits per heavy atom. The topological polar surface area (TPSA) is 83.5 Å². The Labute approximate surface area is 128 Å². The molecule has 1 fully saturated rings. The summed E-state index contributed by atoms with van der Waals surface area (Å²) in [5.74, 6) is -2.43. The first kappa shape index (κ1) is 14.5. The number of allylic oxidation sites excluding steroid dienone is 2. The number of Topliss-reactive ketones (excluding diaryl/α,β-unsaturated/α-hetero) is 1. The van der Waals surface area contributed by atoms with Crippen LogP contribution in [0.2, 0.25) is 0 Å². The number of fused-ring (bicyclic) bond motifs is 2. The first-order valence-corrected chi connectivity index (χ1v) is 7.30. The third-order valence-corrected chi connectivity index (χ3v) is 4.61. The molecule has 1 aromatic carbocycles. The molecule has 2 aliphatic carbocycles. The van der Waals surface area contributed by atoms with Crippen molar-refractivity contribution >= 4 is 23.3 Å². The second-order valence-corrected chi connectivity index (χ2v) is 5.96. The van der Waals surface area contributed by atoms with Crippen molar-refractivity contribution in [1.82, 2.24) is 0 Å². The predicted molar refractivity (Wildman–Crippen MR) is 80.4 cm³/mol. The standard InChI is InChI=1S/C17H17NO4/c1-9(19)10-4-6-13(7-5-10)18-16(20)14-11-2-3-12(8-11)15(14)17(21)22/h2-7,11-12,14-15H,8H2,1H3,(H,18,20)(H,21,22)/t11-,12+,14-,15+/m1/s1. The molecule has 5 nitrogen and oxygen atoms in total. The van der Waals surface area contributed by atoms with Gasteiger partial charge >= 0.3 is 5.97 Å². The highest BCUT2D eigenvalue weighted by molar-refractivity contribution is 5.98. The molecule has 1 amide bonds. The Morgan fingerprint density at radius 2 is 1.64 bits per heavy atom. The third kappa shape index (κ3) is 2.43. The Balaban J connectivity index is 1.75. The quantitative estimate of drug-likeness (QED) is 0.660. The van der Waals surface area contributed by atoms with Crippen molar-refractivity contribution in [2.24, 2.45) is 23.7 Å². The van der Waals surface area contributed by atoms with E-state index in [0.29, 0.717) is 11.3 Å². The van der Waals surface area contributed by atoms with Crippen LogP contribution in [0.4, 0.5) is 5.69 Å². The van der Waals surface area contributed by atoms with E-state index in [0.717, 1.165) is 6.42 Å². The number of hydrogen-bond acceptors (Lipinski definition) is 3. The summed E-state index contributed by atoms with van der Waals surface area (Å²) in [6, 6.07) is 6.61. The largest absolute Gasteiger partial charge is 0.481 e. The van der Waals surface area contributed by atoms with Gasteiger partial charge in [-0.25, -0.2) is 0 Å². The van der Waals surface area contributed by atoms with Gasteiger partial charge in [0.15, 0.2) is 5.78 Å². The maximum Gasteiger partial charge on any atom is 0.307 e. The van der Waals surface area contributed by atoms with Crippen molar-refractivity contribution in [3.63, 3.8) is 0 Å². The predicted octanol–water partition coefficient (Wildman–Crippen LogP) is 2.35. The monoisotopic (exact) mass is 299 g/mol. The van der Waals surface area contributed by atoms with E-state index < -0.39 is 17.8 Å². The Kier molecular flexibility index (Phi) is 3.56. The zero-order chi connectivity index (χ0) is 15.9. The number of carboxylic acids is 1. The molecule has 5 heteroatoms. The minimum absolute atomic E-state index is 0.00240. The fraction of sp³-hybridized carbons (Fsp3) is 0.353. The molecule has 2 aliphatic rings. The molecule has 0 radical (unpaired) electrons. The fourth-order valence-corrected chi connectivity index (χ4v) is 3.53. The molecule has 2 N–H and O–H groups in total. The van der Waals surface area contributed by atoms with Crippen LogP contribution < -0.4 is 5.32 Å². The molecule has 0 saturated heterocycles. The average Bonchev–Trinajstić information content (AvgIpc) is 3.08. The van der Waals surface area contributed by atoms with E-state index in [1.807, 2.05) is 12.2 Å². The lowest BCUT2D eigenvalue weighted by molar-refractivity contribution is -0.146. The second-order valence-electron chi connectivity index (χ2n) is 5.96. The molecule has 114 valence electrons. The number of rotatable bonds is 4. The van der Waals surface area contributed by atoms with E-state index in [1.165, 1.54) is 6.92 Å². The number of ketones is 1. The summed E-state index contributed by atoms with van der Waals surface area (Å²) in [6.45, 7) is 1.48. The molecular formula is C17H17NO4. The van der Waals surface area contributed by atoms with Gasteiger partial charge in [0.25, 0.3) is 0 Å². The van der Waals surface area contributed by atoms with Gasteiger partial charge in [-0.2, -0.15) is 0 Å². The smallest absolute Gasteiger partial charge is 0.307 e. The van der Waals surface area contributed by atoms with Crippen LogP contribution >= 0.6 is 0 Å². The van der Waals surface area contributed by atoms with Gasteiger partial charge < -0.3 is 10.4 Å². The third-order valence-electron chi connectivity index (χ3n) is 4.61. The van der Waals surface area contributed by atoms with E-state index in [1.54, 1.807) is 24.3 Å². The van der Waals surface area contributed by atoms with Gasteiger partial charge in [0.05, 0.1) is 11.8 Å². The molecule has 22 heavy (non-hydrogen) atoms. The highest BCUT2D eigenvalue weighted by Crippen LogP contribution is 2.48. The van der Waals surface area contributed by atoms with E-state index >= 15 is 0 Å². The first-order valence-electron chi connectivity index (χ1n) is 7.30. The van der Waals surface area contributed by atoms with Crippen molar-refractivity contribution in [3.8, 4) is 0 Å². The van der Waals surface area contributed by atoms with Crippen molar-refractivity contribution < 1.29 is 19.5 Å². The summed E-state index contributed by atoms with van der Waals surface area (Å²) >= 11 is 0. The van der Waals surface area contributed by atoms with Crippen molar-refractivity contribution in [2.75, 3.05) is 5.32 Å². The number of carboxylic acid groups (broad SMARTS) is 1. The molecule has 0 spiro atoms. The van der Waals surface area contributed by atoms with Crippen LogP contribution in [0.3, 0.4) is 0 Å². The van der Waals surface area contributed by atoms with Crippen LogP contribution in [0, 0.1) is 23.7 Å².